The summed E-state index contributed by atoms with van der Waals surface area (Å²) in [6.07, 6.45) is 15.3. The van der Waals surface area contributed by atoms with Crippen LogP contribution in [0.25, 0.3) is 0 Å². The minimum absolute atomic E-state index is 0.208. The number of aliphatic hydroxyl groups excluding tert-OH is 1. The highest BCUT2D eigenvalue weighted by Gasteiger charge is 2.43. The third-order valence-corrected chi connectivity index (χ3v) is 11.4. The van der Waals surface area contributed by atoms with Gasteiger partial charge in [-0.1, -0.05) is 46.5 Å². The smallest absolute Gasteiger partial charge is 0.305 e. The number of aliphatic imine (C=N–C) groups is 3. The molecule has 8 bridgehead atoms. The molecule has 5 aliphatic rings. The lowest BCUT2D eigenvalue weighted by molar-refractivity contribution is -0.141. The molecule has 0 amide bonds. The van der Waals surface area contributed by atoms with Crippen LogP contribution in [0, 0.1) is 5.41 Å². The van der Waals surface area contributed by atoms with Crippen LogP contribution in [0.3, 0.4) is 0 Å². The van der Waals surface area contributed by atoms with E-state index < -0.39 is 5.41 Å². The van der Waals surface area contributed by atoms with Crippen LogP contribution in [0.2, 0.25) is 0 Å². The van der Waals surface area contributed by atoms with Crippen molar-refractivity contribution in [2.24, 2.45) is 20.4 Å². The maximum Gasteiger partial charge on any atom is 0.305 e. The molecule has 0 aromatic carbocycles. The highest BCUT2D eigenvalue weighted by molar-refractivity contribution is 6.18. The summed E-state index contributed by atoms with van der Waals surface area (Å²) in [5.41, 5.74) is 12.9. The van der Waals surface area contributed by atoms with E-state index in [1.807, 2.05) is 19.9 Å². The van der Waals surface area contributed by atoms with E-state index in [-0.39, 0.29) is 24.8 Å². The third-order valence-electron chi connectivity index (χ3n) is 11.4. The second-order valence-corrected chi connectivity index (χ2v) is 14.5. The van der Waals surface area contributed by atoms with E-state index in [0.29, 0.717) is 25.0 Å². The number of esters is 2. The van der Waals surface area contributed by atoms with E-state index in [1.54, 1.807) is 0 Å². The number of aliphatic hydroxyl groups is 1. The van der Waals surface area contributed by atoms with E-state index in [2.05, 4.69) is 52.1 Å². The largest absolute Gasteiger partial charge is 0.509 e. The Morgan fingerprint density at radius 1 is 0.712 bits per heavy atom. The van der Waals surface area contributed by atoms with Gasteiger partial charge in [0.15, 0.2) is 0 Å². The summed E-state index contributed by atoms with van der Waals surface area (Å²) in [7, 11) is 2.80. The van der Waals surface area contributed by atoms with E-state index in [9.17, 15) is 14.7 Å². The Hall–Kier alpha value is -4.53. The number of carbonyl (C=O) groups is 2. The molecular weight excluding hydrogens is 652 g/mol. The molecule has 2 N–H and O–H groups in total. The standard InChI is InChI=1S/C43H56N4O5/c1-10-13-14-15-16-17-31-40-27(6)28(11-2)34(46-40)22-32-25(4)29(18-20-38(48)51-8)35(44-32)23-36-30(19-21-39(49)52-9)26(5)33(45-36)24-37-43(7,12-3)42(50)41(31)47-37/h22-24,47,50H,10-21H2,1-9H3. The number of nitrogens with one attached hydrogen (secondary N) is 1. The predicted molar refractivity (Wildman–Crippen MR) is 209 cm³/mol. The topological polar surface area (TPSA) is 122 Å². The van der Waals surface area contributed by atoms with Crippen molar-refractivity contribution in [3.05, 3.63) is 91.5 Å². The number of unbranched alkanes of at least 4 members (excludes halogenated alkanes) is 4. The van der Waals surface area contributed by atoms with Gasteiger partial charge in [0.2, 0.25) is 0 Å². The van der Waals surface area contributed by atoms with Gasteiger partial charge in [-0.3, -0.25) is 9.59 Å². The lowest BCUT2D eigenvalue weighted by atomic mass is 9.82. The van der Waals surface area contributed by atoms with Gasteiger partial charge >= 0.3 is 11.9 Å². The zero-order valence-corrected chi connectivity index (χ0v) is 32.6. The Morgan fingerprint density at radius 2 is 1.33 bits per heavy atom. The van der Waals surface area contributed by atoms with Crippen molar-refractivity contribution in [3.63, 3.8) is 0 Å². The van der Waals surface area contributed by atoms with Crippen LogP contribution in [-0.4, -0.2) is 48.4 Å². The fourth-order valence-corrected chi connectivity index (χ4v) is 7.70. The van der Waals surface area contributed by atoms with Crippen molar-refractivity contribution < 1.29 is 24.2 Å². The summed E-state index contributed by atoms with van der Waals surface area (Å²) in [4.78, 5) is 40.3. The molecule has 0 radical (unpaired) electrons. The first-order chi connectivity index (χ1) is 24.9. The predicted octanol–water partition coefficient (Wildman–Crippen LogP) is 9.69. The number of hydrogen-bond acceptors (Lipinski definition) is 9. The number of fused-ring (bicyclic) bond motifs is 5. The van der Waals surface area contributed by atoms with Crippen LogP contribution >= 0.6 is 0 Å². The van der Waals surface area contributed by atoms with E-state index in [0.717, 1.165) is 110 Å². The number of allylic oxidation sites excluding steroid dienone is 10. The fourth-order valence-electron chi connectivity index (χ4n) is 7.70. The zero-order valence-electron chi connectivity index (χ0n) is 32.6. The number of rotatable bonds is 14. The van der Waals surface area contributed by atoms with Crippen molar-refractivity contribution in [2.75, 3.05) is 14.2 Å². The average molecular weight is 709 g/mol. The molecule has 52 heavy (non-hydrogen) atoms. The van der Waals surface area contributed by atoms with E-state index in [1.165, 1.54) is 33.5 Å². The summed E-state index contributed by atoms with van der Waals surface area (Å²) >= 11 is 0. The quantitative estimate of drug-likeness (QED) is 0.137. The Bertz CT molecular complexity index is 1890. The van der Waals surface area contributed by atoms with Gasteiger partial charge in [-0.15, -0.1) is 0 Å². The minimum Gasteiger partial charge on any atom is -0.509 e. The van der Waals surface area contributed by atoms with Crippen LogP contribution in [0.5, 0.6) is 0 Å². The molecule has 5 rings (SSSR count). The second kappa shape index (κ2) is 16.4. The van der Waals surface area contributed by atoms with Gasteiger partial charge in [0.25, 0.3) is 0 Å². The fraction of sp³-hybridized carbons (Fsp3) is 0.512. The van der Waals surface area contributed by atoms with Crippen molar-refractivity contribution in [3.8, 4) is 0 Å². The number of carbonyl (C=O) groups excluding carboxylic acids is 2. The van der Waals surface area contributed by atoms with Crippen molar-refractivity contribution >= 4 is 29.1 Å². The molecule has 0 spiro atoms. The molecule has 0 fully saturated rings. The van der Waals surface area contributed by atoms with E-state index in [4.69, 9.17) is 24.5 Å². The molecule has 9 nitrogen and oxygen atoms in total. The van der Waals surface area contributed by atoms with Crippen LogP contribution in [0.4, 0.5) is 0 Å². The average Bonchev–Trinajstić information content (AvgIpc) is 3.79. The van der Waals surface area contributed by atoms with Gasteiger partial charge in [-0.05, 0) is 118 Å². The maximum atomic E-state index is 12.3. The lowest BCUT2D eigenvalue weighted by Gasteiger charge is -2.24. The van der Waals surface area contributed by atoms with Crippen LogP contribution in [0.15, 0.2) is 106 Å². The molecule has 0 aliphatic carbocycles. The summed E-state index contributed by atoms with van der Waals surface area (Å²) in [6.45, 7) is 14.8. The van der Waals surface area contributed by atoms with E-state index >= 15 is 0 Å². The maximum absolute atomic E-state index is 12.3. The van der Waals surface area contributed by atoms with Gasteiger partial charge in [0.05, 0.1) is 59.6 Å². The van der Waals surface area contributed by atoms with Gasteiger partial charge in [0, 0.05) is 24.1 Å². The van der Waals surface area contributed by atoms with Crippen LogP contribution in [-0.2, 0) is 19.1 Å². The molecular formula is C43H56N4O5. The molecule has 0 aromatic heterocycles. The van der Waals surface area contributed by atoms with Crippen molar-refractivity contribution in [1.82, 2.24) is 5.32 Å². The summed E-state index contributed by atoms with van der Waals surface area (Å²) in [5, 5.41) is 15.9. The second-order valence-electron chi connectivity index (χ2n) is 14.5. The highest BCUT2D eigenvalue weighted by Crippen LogP contribution is 2.47. The van der Waals surface area contributed by atoms with Crippen LogP contribution in [0.1, 0.15) is 126 Å². The molecule has 0 saturated heterocycles. The summed E-state index contributed by atoms with van der Waals surface area (Å²) < 4.78 is 10.0. The molecule has 0 aromatic rings. The number of ether oxygens (including phenoxy) is 2. The zero-order chi connectivity index (χ0) is 37.7. The SMILES string of the molecule is CCCCCCCC1=C2N=C(C=C3N=C(C=C4N=C(C=C5NC1=C(O)C5(C)CC)C(C)=C4CCC(=O)OC)C(CCC(=O)OC)=C3C)C(CC)=C2C. The van der Waals surface area contributed by atoms with Crippen molar-refractivity contribution in [2.45, 2.75) is 126 Å². The normalized spacial score (nSPS) is 21.3. The molecule has 5 heterocycles. The molecule has 1 unspecified atom stereocenters. The van der Waals surface area contributed by atoms with Gasteiger partial charge in [-0.2, -0.15) is 0 Å². The Kier molecular flexibility index (Phi) is 12.2. The van der Waals surface area contributed by atoms with Gasteiger partial charge < -0.3 is 19.9 Å². The Labute approximate surface area is 309 Å². The first-order valence-corrected chi connectivity index (χ1v) is 19.0. The lowest BCUT2D eigenvalue weighted by Crippen LogP contribution is -2.22. The Balaban J connectivity index is 1.78. The third kappa shape index (κ3) is 7.50. The van der Waals surface area contributed by atoms with Crippen LogP contribution < -0.4 is 5.32 Å². The number of hydrogen-bond donors (Lipinski definition) is 2. The Morgan fingerprint density at radius 3 is 1.96 bits per heavy atom. The summed E-state index contributed by atoms with van der Waals surface area (Å²) in [6, 6.07) is 0. The molecule has 278 valence electrons. The molecule has 9 heteroatoms. The van der Waals surface area contributed by atoms with Gasteiger partial charge in [-0.25, -0.2) is 15.0 Å². The molecule has 5 aliphatic heterocycles. The van der Waals surface area contributed by atoms with Gasteiger partial charge in [0.1, 0.15) is 5.76 Å². The molecule has 0 saturated carbocycles. The van der Waals surface area contributed by atoms with Crippen molar-refractivity contribution in [1.29, 1.82) is 0 Å². The monoisotopic (exact) mass is 708 g/mol. The summed E-state index contributed by atoms with van der Waals surface area (Å²) in [5.74, 6) is -0.248. The first kappa shape index (κ1) is 38.7. The number of nitrogens with zero attached hydrogens (tertiary/aromatic N) is 3. The highest BCUT2D eigenvalue weighted by atomic mass is 16.5. The minimum atomic E-state index is -0.666. The number of methoxy groups -OCH3 is 2. The molecule has 1 atom stereocenters. The first-order valence-electron chi connectivity index (χ1n) is 19.0.